The molecular formula is C23H23FN2O3S. The maximum Gasteiger partial charge on any atom is 0.266 e. The Morgan fingerprint density at radius 2 is 1.87 bits per heavy atom. The third-order valence-corrected chi connectivity index (χ3v) is 6.50. The number of ether oxygens (including phenoxy) is 1. The van der Waals surface area contributed by atoms with Crippen molar-refractivity contribution in [3.63, 3.8) is 0 Å². The summed E-state index contributed by atoms with van der Waals surface area (Å²) in [5, 5.41) is 3.28. The predicted molar refractivity (Wildman–Crippen MR) is 117 cm³/mol. The fraction of sp³-hybridized carbons (Fsp3) is 0.304. The molecule has 0 radical (unpaired) electrons. The molecule has 1 N–H and O–H groups in total. The number of nitrogens with one attached hydrogen (secondary N) is 1. The monoisotopic (exact) mass is 426 g/mol. The van der Waals surface area contributed by atoms with E-state index in [0.717, 1.165) is 32.4 Å². The van der Waals surface area contributed by atoms with E-state index in [1.165, 1.54) is 24.5 Å². The molecule has 2 amide bonds. The molecular weight excluding hydrogens is 403 g/mol. The van der Waals surface area contributed by atoms with Crippen molar-refractivity contribution in [3.8, 4) is 0 Å². The summed E-state index contributed by atoms with van der Waals surface area (Å²) < 4.78 is 20.3. The van der Waals surface area contributed by atoms with Crippen LogP contribution in [0.5, 0.6) is 0 Å². The minimum absolute atomic E-state index is 0.0786. The highest BCUT2D eigenvalue weighted by atomic mass is 32.1. The molecule has 0 unspecified atom stereocenters. The van der Waals surface area contributed by atoms with Gasteiger partial charge in [-0.1, -0.05) is 18.2 Å². The van der Waals surface area contributed by atoms with E-state index in [1.54, 1.807) is 36.4 Å². The van der Waals surface area contributed by atoms with Crippen LogP contribution in [0.2, 0.25) is 0 Å². The summed E-state index contributed by atoms with van der Waals surface area (Å²) in [5.41, 5.74) is 1.45. The molecule has 1 aromatic heterocycles. The Labute approximate surface area is 178 Å². The van der Waals surface area contributed by atoms with Crippen LogP contribution in [0.15, 0.2) is 42.5 Å². The quantitative estimate of drug-likeness (QED) is 0.620. The predicted octanol–water partition coefficient (Wildman–Crippen LogP) is 5.07. The molecule has 4 rings (SSSR count). The highest BCUT2D eigenvalue weighted by Crippen LogP contribution is 2.34. The number of fused-ring (bicyclic) bond motifs is 1. The van der Waals surface area contributed by atoms with Gasteiger partial charge in [0.05, 0.1) is 22.7 Å². The van der Waals surface area contributed by atoms with Crippen LogP contribution >= 0.6 is 11.3 Å². The van der Waals surface area contributed by atoms with Gasteiger partial charge in [-0.2, -0.15) is 0 Å². The second-order valence-corrected chi connectivity index (χ2v) is 8.36. The number of benzene rings is 2. The van der Waals surface area contributed by atoms with E-state index < -0.39 is 0 Å². The van der Waals surface area contributed by atoms with E-state index in [-0.39, 0.29) is 24.2 Å². The molecule has 2 heterocycles. The summed E-state index contributed by atoms with van der Waals surface area (Å²) in [5.74, 6) is -0.831. The van der Waals surface area contributed by atoms with Gasteiger partial charge in [0.15, 0.2) is 0 Å². The van der Waals surface area contributed by atoms with Gasteiger partial charge in [0, 0.05) is 35.8 Å². The first-order valence-corrected chi connectivity index (χ1v) is 10.8. The fourth-order valence-corrected chi connectivity index (χ4v) is 4.98. The lowest BCUT2D eigenvalue weighted by Gasteiger charge is -2.27. The van der Waals surface area contributed by atoms with Crippen LogP contribution in [0, 0.1) is 5.82 Å². The highest BCUT2D eigenvalue weighted by Gasteiger charge is 2.24. The van der Waals surface area contributed by atoms with Crippen molar-refractivity contribution in [2.24, 2.45) is 0 Å². The van der Waals surface area contributed by atoms with E-state index in [9.17, 15) is 14.0 Å². The zero-order chi connectivity index (χ0) is 21.1. The number of methoxy groups -OCH3 is 1. The van der Waals surface area contributed by atoms with E-state index >= 15 is 0 Å². The summed E-state index contributed by atoms with van der Waals surface area (Å²) in [4.78, 5) is 28.4. The summed E-state index contributed by atoms with van der Waals surface area (Å²) in [6.45, 7) is 1.58. The lowest BCUT2D eigenvalue weighted by Crippen LogP contribution is -2.36. The number of carbonyl (C=O) groups excluding carboxylic acids is 2. The van der Waals surface area contributed by atoms with Gasteiger partial charge in [-0.25, -0.2) is 4.39 Å². The number of thiophene rings is 1. The molecule has 0 atom stereocenters. The summed E-state index contributed by atoms with van der Waals surface area (Å²) in [6.07, 6.45) is 3.12. The number of likely N-dealkylation sites (tertiary alicyclic amines) is 1. The van der Waals surface area contributed by atoms with Crippen LogP contribution in [0.1, 0.15) is 44.9 Å². The van der Waals surface area contributed by atoms with Gasteiger partial charge in [0.1, 0.15) is 5.82 Å². The topological polar surface area (TPSA) is 58.6 Å². The molecule has 0 saturated carbocycles. The number of hydrogen-bond acceptors (Lipinski definition) is 4. The number of anilines is 1. The Morgan fingerprint density at radius 3 is 2.63 bits per heavy atom. The minimum atomic E-state index is -0.379. The summed E-state index contributed by atoms with van der Waals surface area (Å²) in [6, 6.07) is 11.8. The van der Waals surface area contributed by atoms with Crippen LogP contribution in [0.3, 0.4) is 0 Å². The molecule has 30 heavy (non-hydrogen) atoms. The second-order valence-electron chi connectivity index (χ2n) is 7.31. The van der Waals surface area contributed by atoms with E-state index in [2.05, 4.69) is 5.32 Å². The molecule has 0 spiro atoms. The van der Waals surface area contributed by atoms with Crippen LogP contribution in [0.4, 0.5) is 10.1 Å². The van der Waals surface area contributed by atoms with E-state index in [0.29, 0.717) is 31.8 Å². The van der Waals surface area contributed by atoms with Crippen LogP contribution in [-0.4, -0.2) is 36.9 Å². The maximum atomic E-state index is 14.4. The Kier molecular flexibility index (Phi) is 6.11. The summed E-state index contributed by atoms with van der Waals surface area (Å²) in [7, 11) is 1.51. The molecule has 1 aliphatic rings. The first-order chi connectivity index (χ1) is 14.6. The first kappa shape index (κ1) is 20.5. The molecule has 156 valence electrons. The van der Waals surface area contributed by atoms with Gasteiger partial charge >= 0.3 is 0 Å². The average molecular weight is 427 g/mol. The Hall–Kier alpha value is -2.77. The number of para-hydroxylation sites is 1. The van der Waals surface area contributed by atoms with Gasteiger partial charge in [-0.15, -0.1) is 11.3 Å². The van der Waals surface area contributed by atoms with E-state index in [4.69, 9.17) is 4.74 Å². The van der Waals surface area contributed by atoms with Crippen LogP contribution in [0.25, 0.3) is 10.1 Å². The summed E-state index contributed by atoms with van der Waals surface area (Å²) >= 11 is 1.22. The maximum absolute atomic E-state index is 14.4. The average Bonchev–Trinajstić information content (AvgIpc) is 3.14. The highest BCUT2D eigenvalue weighted by molar-refractivity contribution is 7.21. The van der Waals surface area contributed by atoms with Crippen molar-refractivity contribution in [2.45, 2.75) is 25.9 Å². The molecule has 0 aliphatic carbocycles. The van der Waals surface area contributed by atoms with Gasteiger partial charge in [-0.3, -0.25) is 9.59 Å². The van der Waals surface area contributed by atoms with Crippen LogP contribution in [-0.2, 0) is 11.3 Å². The van der Waals surface area contributed by atoms with Gasteiger partial charge in [-0.05, 0) is 43.5 Å². The molecule has 0 bridgehead atoms. The molecule has 3 aromatic rings. The molecule has 5 nitrogen and oxygen atoms in total. The normalized spacial score (nSPS) is 14.1. The van der Waals surface area contributed by atoms with Gasteiger partial charge in [0.25, 0.3) is 11.8 Å². The lowest BCUT2D eigenvalue weighted by molar-refractivity contribution is 0.0725. The molecule has 7 heteroatoms. The third-order valence-electron chi connectivity index (χ3n) is 5.31. The molecule has 1 aliphatic heterocycles. The zero-order valence-corrected chi connectivity index (χ0v) is 17.6. The van der Waals surface area contributed by atoms with Crippen molar-refractivity contribution in [2.75, 3.05) is 25.5 Å². The van der Waals surface area contributed by atoms with Crippen molar-refractivity contribution >= 4 is 38.9 Å². The number of rotatable bonds is 5. The second kappa shape index (κ2) is 8.93. The first-order valence-electron chi connectivity index (χ1n) is 9.98. The van der Waals surface area contributed by atoms with Crippen molar-refractivity contribution in [1.29, 1.82) is 0 Å². The minimum Gasteiger partial charge on any atom is -0.380 e. The van der Waals surface area contributed by atoms with Gasteiger partial charge < -0.3 is 15.0 Å². The Bertz CT molecular complexity index is 1090. The number of amides is 2. The van der Waals surface area contributed by atoms with Crippen molar-refractivity contribution < 1.29 is 18.7 Å². The number of nitrogens with zero attached hydrogens (tertiary/aromatic N) is 1. The SMILES string of the molecule is COCc1c(C(=O)Nc2ccccc2C(=O)N2CCCCC2)sc2cccc(F)c12. The number of halogens is 1. The molecule has 1 saturated heterocycles. The Morgan fingerprint density at radius 1 is 1.10 bits per heavy atom. The fourth-order valence-electron chi connectivity index (χ4n) is 3.86. The third kappa shape index (κ3) is 3.95. The zero-order valence-electron chi connectivity index (χ0n) is 16.7. The number of piperidine rings is 1. The Balaban J connectivity index is 1.66. The van der Waals surface area contributed by atoms with Crippen LogP contribution < -0.4 is 5.32 Å². The van der Waals surface area contributed by atoms with E-state index in [1.807, 2.05) is 4.90 Å². The largest absolute Gasteiger partial charge is 0.380 e. The molecule has 1 fully saturated rings. The smallest absolute Gasteiger partial charge is 0.266 e. The number of hydrogen-bond donors (Lipinski definition) is 1. The lowest BCUT2D eigenvalue weighted by atomic mass is 10.1. The number of carbonyl (C=O) groups is 2. The van der Waals surface area contributed by atoms with Gasteiger partial charge in [0.2, 0.25) is 0 Å². The van der Waals surface area contributed by atoms with Crippen molar-refractivity contribution in [1.82, 2.24) is 4.90 Å². The standard InChI is InChI=1S/C23H23FN2O3S/c1-29-14-16-20-17(24)9-7-11-19(20)30-21(16)22(27)25-18-10-4-3-8-15(18)23(28)26-12-5-2-6-13-26/h3-4,7-11H,2,5-6,12-14H2,1H3,(H,25,27). The van der Waals surface area contributed by atoms with Crippen molar-refractivity contribution in [3.05, 3.63) is 64.3 Å². The molecule has 2 aromatic carbocycles.